The molecule has 0 unspecified atom stereocenters. The number of hydrogen-bond acceptors (Lipinski definition) is 3. The molecule has 0 heterocycles. The molecule has 0 saturated heterocycles. The summed E-state index contributed by atoms with van der Waals surface area (Å²) >= 11 is 0. The third-order valence-electron chi connectivity index (χ3n) is 4.72. The van der Waals surface area contributed by atoms with E-state index in [1.54, 1.807) is 0 Å². The molecule has 1 amide bonds. The predicted octanol–water partition coefficient (Wildman–Crippen LogP) is 3.16. The molecule has 0 aliphatic carbocycles. The average Bonchev–Trinajstić information content (AvgIpc) is 2.74. The fraction of sp³-hybridized carbons (Fsp3) is 0.167. The Labute approximate surface area is 170 Å². The van der Waals surface area contributed by atoms with Crippen molar-refractivity contribution in [3.63, 3.8) is 0 Å². The van der Waals surface area contributed by atoms with E-state index in [-0.39, 0.29) is 12.3 Å². The van der Waals surface area contributed by atoms with Crippen molar-refractivity contribution in [3.8, 4) is 0 Å². The van der Waals surface area contributed by atoms with Gasteiger partial charge in [-0.05, 0) is 47.2 Å². The summed E-state index contributed by atoms with van der Waals surface area (Å²) in [5, 5.41) is 11.8. The molecular weight excluding hydrogens is 364 g/mol. The third kappa shape index (κ3) is 6.02. The lowest BCUT2D eigenvalue weighted by molar-refractivity contribution is -0.138. The number of rotatable bonds is 8. The lowest BCUT2D eigenvalue weighted by Crippen LogP contribution is -2.32. The van der Waals surface area contributed by atoms with Crippen LogP contribution in [-0.2, 0) is 24.2 Å². The number of nitrogens with one attached hydrogen (secondary N) is 1. The number of benzene rings is 3. The maximum absolute atomic E-state index is 12.4. The van der Waals surface area contributed by atoms with Gasteiger partial charge in [0.2, 0.25) is 0 Å². The van der Waals surface area contributed by atoms with E-state index in [0.29, 0.717) is 12.1 Å². The van der Waals surface area contributed by atoms with E-state index in [9.17, 15) is 9.59 Å². The van der Waals surface area contributed by atoms with Crippen molar-refractivity contribution in [3.05, 3.63) is 107 Å². The minimum Gasteiger partial charge on any atom is -0.480 e. The van der Waals surface area contributed by atoms with Gasteiger partial charge in [-0.3, -0.25) is 9.59 Å². The Morgan fingerprint density at radius 2 is 1.34 bits per heavy atom. The van der Waals surface area contributed by atoms with Gasteiger partial charge in [-0.15, -0.1) is 0 Å². The summed E-state index contributed by atoms with van der Waals surface area (Å²) in [4.78, 5) is 23.2. The van der Waals surface area contributed by atoms with Gasteiger partial charge in [-0.1, -0.05) is 66.7 Å². The lowest BCUT2D eigenvalue weighted by atomic mass is 10.0. The van der Waals surface area contributed by atoms with Gasteiger partial charge in [0.1, 0.15) is 6.04 Å². The van der Waals surface area contributed by atoms with Gasteiger partial charge < -0.3 is 16.2 Å². The Morgan fingerprint density at radius 1 is 0.793 bits per heavy atom. The van der Waals surface area contributed by atoms with Crippen LogP contribution in [-0.4, -0.2) is 23.0 Å². The van der Waals surface area contributed by atoms with E-state index < -0.39 is 12.0 Å². The van der Waals surface area contributed by atoms with Crippen LogP contribution in [0.1, 0.15) is 32.6 Å². The zero-order valence-electron chi connectivity index (χ0n) is 16.0. The average molecular weight is 388 g/mol. The minimum atomic E-state index is -1.02. The van der Waals surface area contributed by atoms with Crippen LogP contribution >= 0.6 is 0 Å². The molecule has 0 aliphatic rings. The van der Waals surface area contributed by atoms with Crippen molar-refractivity contribution in [2.24, 2.45) is 5.73 Å². The first-order chi connectivity index (χ1) is 14.0. The number of carboxylic acids is 1. The Hall–Kier alpha value is -3.44. The van der Waals surface area contributed by atoms with Crippen LogP contribution in [0.3, 0.4) is 0 Å². The molecule has 5 heteroatoms. The van der Waals surface area contributed by atoms with Crippen molar-refractivity contribution in [2.45, 2.75) is 25.4 Å². The van der Waals surface area contributed by atoms with Crippen LogP contribution in [0, 0.1) is 0 Å². The third-order valence-corrected chi connectivity index (χ3v) is 4.72. The highest BCUT2D eigenvalue weighted by Gasteiger charge is 2.12. The summed E-state index contributed by atoms with van der Waals surface area (Å²) in [7, 11) is 0. The van der Waals surface area contributed by atoms with Crippen LogP contribution in [0.25, 0.3) is 0 Å². The molecule has 29 heavy (non-hydrogen) atoms. The zero-order valence-corrected chi connectivity index (χ0v) is 16.0. The molecule has 3 aromatic rings. The zero-order chi connectivity index (χ0) is 20.6. The van der Waals surface area contributed by atoms with Gasteiger partial charge in [0.25, 0.3) is 5.91 Å². The molecule has 1 atom stereocenters. The van der Waals surface area contributed by atoms with Crippen molar-refractivity contribution < 1.29 is 14.7 Å². The molecule has 148 valence electrons. The topological polar surface area (TPSA) is 92.4 Å². The van der Waals surface area contributed by atoms with Gasteiger partial charge in [-0.2, -0.15) is 0 Å². The molecule has 0 aromatic heterocycles. The normalized spacial score (nSPS) is 11.6. The van der Waals surface area contributed by atoms with Crippen LogP contribution in [0.5, 0.6) is 0 Å². The smallest absolute Gasteiger partial charge is 0.320 e. The number of amides is 1. The summed E-state index contributed by atoms with van der Waals surface area (Å²) in [6.07, 6.45) is 1.11. The summed E-state index contributed by atoms with van der Waals surface area (Å²) in [5.74, 6) is -1.15. The first-order valence-corrected chi connectivity index (χ1v) is 9.48. The van der Waals surface area contributed by atoms with Gasteiger partial charge in [-0.25, -0.2) is 0 Å². The summed E-state index contributed by atoms with van der Waals surface area (Å²) in [6, 6.07) is 24.3. The Bertz CT molecular complexity index is 952. The van der Waals surface area contributed by atoms with E-state index in [2.05, 4.69) is 17.4 Å². The SMILES string of the molecule is N[C@@H](Cc1ccc(CNC(=O)c2ccc(Cc3ccccc3)cc2)cc1)C(=O)O. The Morgan fingerprint density at radius 3 is 1.97 bits per heavy atom. The van der Waals surface area contributed by atoms with Gasteiger partial charge in [0.05, 0.1) is 0 Å². The molecular formula is C24H24N2O3. The van der Waals surface area contributed by atoms with E-state index >= 15 is 0 Å². The van der Waals surface area contributed by atoms with Gasteiger partial charge in [0, 0.05) is 12.1 Å². The molecule has 3 aromatic carbocycles. The van der Waals surface area contributed by atoms with E-state index in [1.807, 2.05) is 66.7 Å². The van der Waals surface area contributed by atoms with E-state index in [4.69, 9.17) is 10.8 Å². The highest BCUT2D eigenvalue weighted by Crippen LogP contribution is 2.11. The maximum Gasteiger partial charge on any atom is 0.320 e. The standard InChI is InChI=1S/C24H24N2O3/c25-22(24(28)29)15-19-6-8-20(9-7-19)16-26-23(27)21-12-10-18(11-13-21)14-17-4-2-1-3-5-17/h1-13,22H,14-16,25H2,(H,26,27)(H,28,29)/t22-/m0/s1. The van der Waals surface area contributed by atoms with E-state index in [0.717, 1.165) is 23.1 Å². The molecule has 0 aliphatic heterocycles. The van der Waals surface area contributed by atoms with Crippen molar-refractivity contribution in [2.75, 3.05) is 0 Å². The highest BCUT2D eigenvalue weighted by molar-refractivity contribution is 5.94. The maximum atomic E-state index is 12.4. The predicted molar refractivity (Wildman–Crippen MR) is 113 cm³/mol. The molecule has 5 nitrogen and oxygen atoms in total. The van der Waals surface area contributed by atoms with Crippen LogP contribution in [0.4, 0.5) is 0 Å². The second kappa shape index (κ2) is 9.66. The number of hydrogen-bond donors (Lipinski definition) is 3. The molecule has 4 N–H and O–H groups in total. The van der Waals surface area contributed by atoms with Crippen molar-refractivity contribution in [1.29, 1.82) is 0 Å². The molecule has 0 bridgehead atoms. The second-order valence-corrected chi connectivity index (χ2v) is 7.01. The van der Waals surface area contributed by atoms with Crippen molar-refractivity contribution >= 4 is 11.9 Å². The van der Waals surface area contributed by atoms with Gasteiger partial charge >= 0.3 is 5.97 Å². The number of carbonyl (C=O) groups excluding carboxylic acids is 1. The summed E-state index contributed by atoms with van der Waals surface area (Å²) in [5.41, 5.74) is 10.3. The van der Waals surface area contributed by atoms with Crippen LogP contribution < -0.4 is 11.1 Å². The van der Waals surface area contributed by atoms with Crippen molar-refractivity contribution in [1.82, 2.24) is 5.32 Å². The highest BCUT2D eigenvalue weighted by atomic mass is 16.4. The number of nitrogens with two attached hydrogens (primary N) is 1. The number of carboxylic acid groups (broad SMARTS) is 1. The lowest BCUT2D eigenvalue weighted by Gasteiger charge is -2.09. The molecule has 0 radical (unpaired) electrons. The fourth-order valence-corrected chi connectivity index (χ4v) is 3.02. The summed E-state index contributed by atoms with van der Waals surface area (Å²) in [6.45, 7) is 0.399. The molecule has 0 spiro atoms. The Balaban J connectivity index is 1.52. The minimum absolute atomic E-state index is 0.131. The fourth-order valence-electron chi connectivity index (χ4n) is 3.02. The van der Waals surface area contributed by atoms with Gasteiger partial charge in [0.15, 0.2) is 0 Å². The first-order valence-electron chi connectivity index (χ1n) is 9.48. The number of aliphatic carboxylic acids is 1. The monoisotopic (exact) mass is 388 g/mol. The number of carbonyl (C=O) groups is 2. The molecule has 0 saturated carbocycles. The first kappa shape index (κ1) is 20.3. The largest absolute Gasteiger partial charge is 0.480 e. The second-order valence-electron chi connectivity index (χ2n) is 7.01. The van der Waals surface area contributed by atoms with Crippen LogP contribution in [0.2, 0.25) is 0 Å². The summed E-state index contributed by atoms with van der Waals surface area (Å²) < 4.78 is 0. The molecule has 3 rings (SSSR count). The van der Waals surface area contributed by atoms with Crippen LogP contribution in [0.15, 0.2) is 78.9 Å². The quantitative estimate of drug-likeness (QED) is 0.553. The Kier molecular flexibility index (Phi) is 6.76. The van der Waals surface area contributed by atoms with E-state index in [1.165, 1.54) is 5.56 Å². The molecule has 0 fully saturated rings.